The van der Waals surface area contributed by atoms with E-state index >= 15 is 0 Å². The first-order chi connectivity index (χ1) is 13.5. The van der Waals surface area contributed by atoms with Crippen molar-refractivity contribution < 1.29 is 13.0 Å². The molecule has 2 aromatic rings. The Bertz CT molecular complexity index is 805. The SMILES string of the molecule is CCCCCCCCCCCCCCCc1nc2ccc(S(=O)(=O)O)cc2[nH]1.[Na]. The van der Waals surface area contributed by atoms with Gasteiger partial charge in [0.05, 0.1) is 15.9 Å². The van der Waals surface area contributed by atoms with Gasteiger partial charge in [-0.05, 0) is 24.6 Å². The first kappa shape index (κ1) is 26.6. The molecule has 0 amide bonds. The second-order valence-corrected chi connectivity index (χ2v) is 9.25. The molecule has 1 aromatic heterocycles. The molecule has 0 spiro atoms. The smallest absolute Gasteiger partial charge is 0.294 e. The number of aromatic nitrogens is 2. The van der Waals surface area contributed by atoms with Crippen molar-refractivity contribution in [2.45, 2.75) is 102 Å². The van der Waals surface area contributed by atoms with Crippen LogP contribution in [0.3, 0.4) is 0 Å². The minimum absolute atomic E-state index is 0. The number of aromatic amines is 1. The molecule has 159 valence electrons. The Kier molecular flexibility index (Phi) is 13.4. The van der Waals surface area contributed by atoms with E-state index in [0.717, 1.165) is 24.2 Å². The molecule has 2 N–H and O–H groups in total. The van der Waals surface area contributed by atoms with Crippen LogP contribution in [0.25, 0.3) is 11.0 Å². The van der Waals surface area contributed by atoms with Crippen molar-refractivity contribution in [1.82, 2.24) is 9.97 Å². The van der Waals surface area contributed by atoms with E-state index in [1.807, 2.05) is 0 Å². The van der Waals surface area contributed by atoms with Crippen LogP contribution in [0.1, 0.15) is 96.2 Å². The summed E-state index contributed by atoms with van der Waals surface area (Å²) in [5.74, 6) is 0.880. The summed E-state index contributed by atoms with van der Waals surface area (Å²) in [6.45, 7) is 2.26. The van der Waals surface area contributed by atoms with Crippen LogP contribution in [0.5, 0.6) is 0 Å². The second kappa shape index (κ2) is 14.6. The largest absolute Gasteiger partial charge is 0.342 e. The Labute approximate surface area is 198 Å². The third kappa shape index (κ3) is 10.5. The first-order valence-electron chi connectivity index (χ1n) is 11.0. The molecule has 5 nitrogen and oxygen atoms in total. The molecule has 0 saturated heterocycles. The van der Waals surface area contributed by atoms with E-state index in [-0.39, 0.29) is 34.5 Å². The zero-order chi connectivity index (χ0) is 20.2. The van der Waals surface area contributed by atoms with Gasteiger partial charge in [0, 0.05) is 36.0 Å². The molecular formula is C22H36N2NaO3S. The fourth-order valence-corrected chi connectivity index (χ4v) is 4.14. The van der Waals surface area contributed by atoms with Gasteiger partial charge in [0.25, 0.3) is 10.1 Å². The van der Waals surface area contributed by atoms with Gasteiger partial charge in [0.2, 0.25) is 0 Å². The van der Waals surface area contributed by atoms with E-state index < -0.39 is 10.1 Å². The number of nitrogens with one attached hydrogen (secondary N) is 1. The molecule has 1 heterocycles. The van der Waals surface area contributed by atoms with E-state index in [2.05, 4.69) is 16.9 Å². The van der Waals surface area contributed by atoms with Gasteiger partial charge in [-0.3, -0.25) is 4.55 Å². The van der Waals surface area contributed by atoms with E-state index in [9.17, 15) is 8.42 Å². The summed E-state index contributed by atoms with van der Waals surface area (Å²) >= 11 is 0. The fraction of sp³-hybridized carbons (Fsp3) is 0.682. The van der Waals surface area contributed by atoms with Gasteiger partial charge in [-0.2, -0.15) is 8.42 Å². The van der Waals surface area contributed by atoms with Crippen molar-refractivity contribution in [3.05, 3.63) is 24.0 Å². The molecule has 0 atom stereocenters. The number of hydrogen-bond acceptors (Lipinski definition) is 3. The summed E-state index contributed by atoms with van der Waals surface area (Å²) in [4.78, 5) is 7.56. The predicted octanol–water partition coefficient (Wildman–Crippen LogP) is 6.06. The Morgan fingerprint density at radius 2 is 1.38 bits per heavy atom. The fourth-order valence-electron chi connectivity index (χ4n) is 3.63. The maximum atomic E-state index is 11.2. The molecule has 0 fully saturated rings. The number of imidazole rings is 1. The third-order valence-corrected chi connectivity index (χ3v) is 6.17. The zero-order valence-electron chi connectivity index (χ0n) is 18.3. The molecular weight excluding hydrogens is 395 g/mol. The Morgan fingerprint density at radius 1 is 0.862 bits per heavy atom. The van der Waals surface area contributed by atoms with Gasteiger partial charge in [-0.15, -0.1) is 0 Å². The quantitative estimate of drug-likeness (QED) is 0.204. The summed E-state index contributed by atoms with van der Waals surface area (Å²) in [5.41, 5.74) is 1.39. The predicted molar refractivity (Wildman–Crippen MR) is 121 cm³/mol. The maximum Gasteiger partial charge on any atom is 0.294 e. The number of hydrogen-bond donors (Lipinski definition) is 2. The Balaban J connectivity index is 0.00000420. The third-order valence-electron chi connectivity index (χ3n) is 5.32. The molecule has 0 aliphatic rings. The molecule has 7 heteroatoms. The van der Waals surface area contributed by atoms with Crippen LogP contribution in [-0.2, 0) is 16.5 Å². The molecule has 29 heavy (non-hydrogen) atoms. The van der Waals surface area contributed by atoms with E-state index in [1.54, 1.807) is 6.07 Å². The maximum absolute atomic E-state index is 11.2. The summed E-state index contributed by atoms with van der Waals surface area (Å²) in [6, 6.07) is 4.45. The van der Waals surface area contributed by atoms with Gasteiger partial charge in [0.15, 0.2) is 0 Å². The van der Waals surface area contributed by atoms with Crippen LogP contribution in [0, 0.1) is 0 Å². The van der Waals surface area contributed by atoms with Crippen molar-refractivity contribution >= 4 is 50.7 Å². The van der Waals surface area contributed by atoms with Crippen molar-refractivity contribution in [3.8, 4) is 0 Å². The number of unbranched alkanes of at least 4 members (excludes halogenated alkanes) is 12. The minimum atomic E-state index is -4.17. The summed E-state index contributed by atoms with van der Waals surface area (Å²) < 4.78 is 31.6. The molecule has 1 radical (unpaired) electrons. The molecule has 1 aromatic carbocycles. The zero-order valence-corrected chi connectivity index (χ0v) is 21.1. The Morgan fingerprint density at radius 3 is 1.90 bits per heavy atom. The van der Waals surface area contributed by atoms with E-state index in [1.165, 1.54) is 89.2 Å². The molecule has 0 saturated carbocycles. The summed E-state index contributed by atoms with van der Waals surface area (Å²) in [6.07, 6.45) is 18.2. The van der Waals surface area contributed by atoms with E-state index in [4.69, 9.17) is 4.55 Å². The Hall–Kier alpha value is -0.400. The van der Waals surface area contributed by atoms with Crippen molar-refractivity contribution in [1.29, 1.82) is 0 Å². The molecule has 0 unspecified atom stereocenters. The van der Waals surface area contributed by atoms with Crippen molar-refractivity contribution in [2.24, 2.45) is 0 Å². The number of H-pyrrole nitrogens is 1. The van der Waals surface area contributed by atoms with Crippen LogP contribution in [0.4, 0.5) is 0 Å². The van der Waals surface area contributed by atoms with Gasteiger partial charge in [0.1, 0.15) is 5.82 Å². The average molecular weight is 432 g/mol. The summed E-state index contributed by atoms with van der Waals surface area (Å²) in [7, 11) is -4.17. The monoisotopic (exact) mass is 431 g/mol. The van der Waals surface area contributed by atoms with Crippen molar-refractivity contribution in [2.75, 3.05) is 0 Å². The standard InChI is InChI=1S/C22H36N2O3S.Na/c1-2-3-4-5-6-7-8-9-10-11-12-13-14-15-22-23-20-17-16-19(28(25,26)27)18-21(20)24-22;/h16-18H,2-15H2,1H3,(H,23,24)(H,25,26,27);. The van der Waals surface area contributed by atoms with Crippen LogP contribution in [0.15, 0.2) is 23.1 Å². The molecule has 0 aliphatic carbocycles. The number of rotatable bonds is 15. The number of fused-ring (bicyclic) bond motifs is 1. The summed E-state index contributed by atoms with van der Waals surface area (Å²) in [5, 5.41) is 0. The van der Waals surface area contributed by atoms with Gasteiger partial charge in [-0.25, -0.2) is 4.98 Å². The van der Waals surface area contributed by atoms with Gasteiger partial charge in [-0.1, -0.05) is 84.0 Å². The van der Waals surface area contributed by atoms with Gasteiger partial charge >= 0.3 is 0 Å². The number of aryl methyl sites for hydroxylation is 1. The molecule has 0 bridgehead atoms. The minimum Gasteiger partial charge on any atom is -0.342 e. The number of benzene rings is 1. The van der Waals surface area contributed by atoms with Gasteiger partial charge < -0.3 is 4.98 Å². The molecule has 2 rings (SSSR count). The van der Waals surface area contributed by atoms with Crippen LogP contribution >= 0.6 is 0 Å². The van der Waals surface area contributed by atoms with Crippen LogP contribution < -0.4 is 0 Å². The second-order valence-electron chi connectivity index (χ2n) is 7.83. The molecule has 0 aliphatic heterocycles. The van der Waals surface area contributed by atoms with Crippen LogP contribution in [0.2, 0.25) is 0 Å². The average Bonchev–Trinajstić information content (AvgIpc) is 3.06. The van der Waals surface area contributed by atoms with Crippen molar-refractivity contribution in [3.63, 3.8) is 0 Å². The number of nitrogens with zero attached hydrogens (tertiary/aromatic N) is 1. The van der Waals surface area contributed by atoms with E-state index in [0.29, 0.717) is 5.52 Å². The van der Waals surface area contributed by atoms with Crippen LogP contribution in [-0.4, -0.2) is 52.5 Å². The topological polar surface area (TPSA) is 83.1 Å². The normalized spacial score (nSPS) is 11.7. The first-order valence-corrected chi connectivity index (χ1v) is 12.4.